The SMILES string of the molecule is CC(C)Cc1ccc(C(C)C(=O)NCC[N+](C)(C)C)cc1. The largest absolute Gasteiger partial charge is 0.350 e. The Morgan fingerprint density at radius 2 is 1.67 bits per heavy atom. The molecular weight excluding hydrogens is 260 g/mol. The van der Waals surface area contributed by atoms with Crippen molar-refractivity contribution in [3.63, 3.8) is 0 Å². The highest BCUT2D eigenvalue weighted by Crippen LogP contribution is 2.17. The van der Waals surface area contributed by atoms with Crippen molar-refractivity contribution < 1.29 is 9.28 Å². The van der Waals surface area contributed by atoms with Crippen molar-refractivity contribution in [2.75, 3.05) is 34.2 Å². The topological polar surface area (TPSA) is 29.1 Å². The van der Waals surface area contributed by atoms with E-state index in [4.69, 9.17) is 0 Å². The zero-order valence-corrected chi connectivity index (χ0v) is 14.4. The normalized spacial score (nSPS) is 13.3. The van der Waals surface area contributed by atoms with Crippen molar-refractivity contribution in [1.29, 1.82) is 0 Å². The van der Waals surface area contributed by atoms with E-state index in [1.54, 1.807) is 0 Å². The van der Waals surface area contributed by atoms with E-state index in [0.717, 1.165) is 29.6 Å². The minimum atomic E-state index is -0.0921. The Labute approximate surface area is 129 Å². The molecule has 0 radical (unpaired) electrons. The van der Waals surface area contributed by atoms with E-state index in [2.05, 4.69) is 64.6 Å². The first-order chi connectivity index (χ1) is 9.69. The fourth-order valence-electron chi connectivity index (χ4n) is 2.23. The summed E-state index contributed by atoms with van der Waals surface area (Å²) in [6.45, 7) is 8.07. The maximum atomic E-state index is 12.2. The third kappa shape index (κ3) is 6.76. The van der Waals surface area contributed by atoms with Crippen molar-refractivity contribution in [2.45, 2.75) is 33.1 Å². The number of nitrogens with zero attached hydrogens (tertiary/aromatic N) is 1. The van der Waals surface area contributed by atoms with Gasteiger partial charge in [0.1, 0.15) is 0 Å². The van der Waals surface area contributed by atoms with Crippen molar-refractivity contribution in [2.24, 2.45) is 5.92 Å². The Hall–Kier alpha value is -1.35. The van der Waals surface area contributed by atoms with E-state index in [-0.39, 0.29) is 11.8 Å². The molecule has 0 heterocycles. The molecule has 1 aromatic rings. The van der Waals surface area contributed by atoms with Gasteiger partial charge >= 0.3 is 0 Å². The summed E-state index contributed by atoms with van der Waals surface area (Å²) >= 11 is 0. The van der Waals surface area contributed by atoms with Crippen LogP contribution in [0.15, 0.2) is 24.3 Å². The maximum absolute atomic E-state index is 12.2. The molecule has 21 heavy (non-hydrogen) atoms. The van der Waals surface area contributed by atoms with Gasteiger partial charge in [-0.1, -0.05) is 38.1 Å². The van der Waals surface area contributed by atoms with Crippen molar-refractivity contribution >= 4 is 5.91 Å². The van der Waals surface area contributed by atoms with Crippen LogP contribution in [-0.2, 0) is 11.2 Å². The second-order valence-corrected chi connectivity index (χ2v) is 7.37. The Kier molecular flexibility index (Phi) is 6.41. The number of carbonyl (C=O) groups is 1. The van der Waals surface area contributed by atoms with Gasteiger partial charge in [0, 0.05) is 0 Å². The average molecular weight is 291 g/mol. The van der Waals surface area contributed by atoms with E-state index in [0.29, 0.717) is 5.92 Å². The van der Waals surface area contributed by atoms with Crippen LogP contribution in [0.5, 0.6) is 0 Å². The predicted molar refractivity (Wildman–Crippen MR) is 89.3 cm³/mol. The quantitative estimate of drug-likeness (QED) is 0.769. The third-order valence-corrected chi connectivity index (χ3v) is 3.60. The number of hydrogen-bond acceptors (Lipinski definition) is 1. The van der Waals surface area contributed by atoms with Crippen LogP contribution in [0.4, 0.5) is 0 Å². The van der Waals surface area contributed by atoms with Gasteiger partial charge in [-0.05, 0) is 30.4 Å². The highest BCUT2D eigenvalue weighted by atomic mass is 16.1. The van der Waals surface area contributed by atoms with Crippen LogP contribution in [0, 0.1) is 5.92 Å². The monoisotopic (exact) mass is 291 g/mol. The molecule has 118 valence electrons. The lowest BCUT2D eigenvalue weighted by Gasteiger charge is -2.24. The Morgan fingerprint density at radius 3 is 2.14 bits per heavy atom. The van der Waals surface area contributed by atoms with Gasteiger partial charge in [0.2, 0.25) is 5.91 Å². The molecule has 0 aliphatic rings. The maximum Gasteiger partial charge on any atom is 0.227 e. The van der Waals surface area contributed by atoms with Crippen LogP contribution < -0.4 is 5.32 Å². The van der Waals surface area contributed by atoms with Gasteiger partial charge in [-0.15, -0.1) is 0 Å². The van der Waals surface area contributed by atoms with Crippen LogP contribution in [0.25, 0.3) is 0 Å². The number of hydrogen-bond donors (Lipinski definition) is 1. The smallest absolute Gasteiger partial charge is 0.227 e. The number of quaternary nitrogens is 1. The number of benzene rings is 1. The van der Waals surface area contributed by atoms with Crippen molar-refractivity contribution in [3.8, 4) is 0 Å². The lowest BCUT2D eigenvalue weighted by molar-refractivity contribution is -0.869. The van der Waals surface area contributed by atoms with Crippen LogP contribution in [0.2, 0.25) is 0 Å². The Balaban J connectivity index is 2.54. The summed E-state index contributed by atoms with van der Waals surface area (Å²) in [5.41, 5.74) is 2.43. The van der Waals surface area contributed by atoms with Gasteiger partial charge in [0.05, 0.1) is 40.2 Å². The molecular formula is C18H31N2O+. The van der Waals surface area contributed by atoms with E-state index in [1.165, 1.54) is 5.56 Å². The molecule has 3 heteroatoms. The molecule has 1 atom stereocenters. The van der Waals surface area contributed by atoms with Crippen molar-refractivity contribution in [1.82, 2.24) is 5.32 Å². The first kappa shape index (κ1) is 17.7. The molecule has 1 unspecified atom stereocenters. The summed E-state index contributed by atoms with van der Waals surface area (Å²) in [4.78, 5) is 12.2. The van der Waals surface area contributed by atoms with E-state index < -0.39 is 0 Å². The molecule has 0 aliphatic heterocycles. The summed E-state index contributed by atoms with van der Waals surface area (Å²) in [5, 5.41) is 3.03. The predicted octanol–water partition coefficient (Wildman–Crippen LogP) is 2.81. The Morgan fingerprint density at radius 1 is 1.10 bits per heavy atom. The Bertz CT molecular complexity index is 443. The molecule has 0 aliphatic carbocycles. The van der Waals surface area contributed by atoms with Crippen LogP contribution in [0.3, 0.4) is 0 Å². The number of likely N-dealkylation sites (N-methyl/N-ethyl adjacent to an activating group) is 1. The lowest BCUT2D eigenvalue weighted by Crippen LogP contribution is -2.42. The molecule has 0 aromatic heterocycles. The van der Waals surface area contributed by atoms with Crippen LogP contribution in [-0.4, -0.2) is 44.6 Å². The van der Waals surface area contributed by atoms with Gasteiger partial charge in [0.15, 0.2) is 0 Å². The molecule has 3 nitrogen and oxygen atoms in total. The third-order valence-electron chi connectivity index (χ3n) is 3.60. The first-order valence-electron chi connectivity index (χ1n) is 7.86. The van der Waals surface area contributed by atoms with Crippen molar-refractivity contribution in [3.05, 3.63) is 35.4 Å². The number of nitrogens with one attached hydrogen (secondary N) is 1. The molecule has 1 rings (SSSR count). The molecule has 0 bridgehead atoms. The van der Waals surface area contributed by atoms with Gasteiger partial charge in [-0.2, -0.15) is 0 Å². The first-order valence-corrected chi connectivity index (χ1v) is 7.86. The van der Waals surface area contributed by atoms with E-state index in [1.807, 2.05) is 6.92 Å². The molecule has 1 amide bonds. The number of rotatable bonds is 7. The zero-order chi connectivity index (χ0) is 16.0. The summed E-state index contributed by atoms with van der Waals surface area (Å²) in [6, 6.07) is 8.46. The van der Waals surface area contributed by atoms with Gasteiger partial charge in [-0.25, -0.2) is 0 Å². The molecule has 0 saturated heterocycles. The molecule has 0 saturated carbocycles. The highest BCUT2D eigenvalue weighted by molar-refractivity contribution is 5.83. The highest BCUT2D eigenvalue weighted by Gasteiger charge is 2.16. The summed E-state index contributed by atoms with van der Waals surface area (Å²) in [7, 11) is 6.38. The van der Waals surface area contributed by atoms with Gasteiger partial charge < -0.3 is 9.80 Å². The molecule has 1 N–H and O–H groups in total. The standard InChI is InChI=1S/C18H30N2O/c1-14(2)13-16-7-9-17(10-8-16)15(3)18(21)19-11-12-20(4,5)6/h7-10,14-15H,11-13H2,1-6H3/p+1. The number of carbonyl (C=O) groups excluding carboxylic acids is 1. The fraction of sp³-hybridized carbons (Fsp3) is 0.611. The van der Waals surface area contributed by atoms with Gasteiger partial charge in [0.25, 0.3) is 0 Å². The summed E-state index contributed by atoms with van der Waals surface area (Å²) in [5.74, 6) is 0.678. The molecule has 1 aromatic carbocycles. The van der Waals surface area contributed by atoms with Gasteiger partial charge in [-0.3, -0.25) is 4.79 Å². The lowest BCUT2D eigenvalue weighted by atomic mass is 9.96. The van der Waals surface area contributed by atoms with E-state index in [9.17, 15) is 4.79 Å². The zero-order valence-electron chi connectivity index (χ0n) is 14.4. The number of amides is 1. The average Bonchev–Trinajstić information content (AvgIpc) is 2.36. The minimum absolute atomic E-state index is 0.0921. The molecule has 0 spiro atoms. The second kappa shape index (κ2) is 7.60. The second-order valence-electron chi connectivity index (χ2n) is 7.37. The summed E-state index contributed by atoms with van der Waals surface area (Å²) in [6.07, 6.45) is 1.09. The summed E-state index contributed by atoms with van der Waals surface area (Å²) < 4.78 is 0.860. The fourth-order valence-corrected chi connectivity index (χ4v) is 2.23. The van der Waals surface area contributed by atoms with Crippen LogP contribution >= 0.6 is 0 Å². The molecule has 0 fully saturated rings. The minimum Gasteiger partial charge on any atom is -0.350 e. The van der Waals surface area contributed by atoms with Crippen LogP contribution in [0.1, 0.15) is 37.8 Å². The van der Waals surface area contributed by atoms with E-state index >= 15 is 0 Å².